The lowest BCUT2D eigenvalue weighted by Crippen LogP contribution is -2.44. The number of ether oxygens (including phenoxy) is 1. The highest BCUT2D eigenvalue weighted by atomic mass is 32.2. The van der Waals surface area contributed by atoms with Gasteiger partial charge in [-0.1, -0.05) is 6.07 Å². The quantitative estimate of drug-likeness (QED) is 0.189. The highest BCUT2D eigenvalue weighted by Crippen LogP contribution is 2.29. The zero-order valence-corrected chi connectivity index (χ0v) is 12.7. The van der Waals surface area contributed by atoms with Crippen molar-refractivity contribution >= 4 is 28.1 Å². The standard InChI is InChI=1S/C12H16N4O5S/c1-20-10-7-8(3-5-9(10)21-22(2,18)19)4-6-11(17)15-16-12(13)14/h3-7H,1-2H3,(H,15,17)(H4,13,14,16)/b6-4+. The number of hydrogen-bond acceptors (Lipinski definition) is 6. The highest BCUT2D eigenvalue weighted by Gasteiger charge is 2.10. The van der Waals surface area contributed by atoms with Crippen LogP contribution in [-0.2, 0) is 14.9 Å². The molecule has 0 fully saturated rings. The molecule has 0 bridgehead atoms. The number of guanidine groups is 1. The first-order valence-electron chi connectivity index (χ1n) is 5.87. The van der Waals surface area contributed by atoms with Crippen molar-refractivity contribution in [2.24, 2.45) is 5.73 Å². The molecule has 0 aliphatic rings. The molecule has 0 radical (unpaired) electrons. The molecule has 0 spiro atoms. The van der Waals surface area contributed by atoms with E-state index in [1.54, 1.807) is 6.07 Å². The maximum Gasteiger partial charge on any atom is 0.306 e. The number of benzene rings is 1. The van der Waals surface area contributed by atoms with Gasteiger partial charge in [-0.25, -0.2) is 0 Å². The van der Waals surface area contributed by atoms with Crippen LogP contribution in [0.2, 0.25) is 0 Å². The van der Waals surface area contributed by atoms with E-state index in [4.69, 9.17) is 20.1 Å². The third kappa shape index (κ3) is 6.13. The summed E-state index contributed by atoms with van der Waals surface area (Å²) in [5.41, 5.74) is 9.89. The Balaban J connectivity index is 2.85. The van der Waals surface area contributed by atoms with Gasteiger partial charge >= 0.3 is 10.1 Å². The Bertz CT molecular complexity index is 699. The van der Waals surface area contributed by atoms with E-state index in [0.717, 1.165) is 6.26 Å². The largest absolute Gasteiger partial charge is 0.493 e. The Labute approximate surface area is 127 Å². The SMILES string of the molecule is COc1cc(/C=C/C(=O)NNC(=N)N)ccc1OS(C)(=O)=O. The third-order valence-corrected chi connectivity index (χ3v) is 2.66. The molecule has 22 heavy (non-hydrogen) atoms. The van der Waals surface area contributed by atoms with Crippen molar-refractivity contribution in [1.82, 2.24) is 10.9 Å². The summed E-state index contributed by atoms with van der Waals surface area (Å²) in [6, 6.07) is 4.46. The molecular formula is C12H16N4O5S. The average molecular weight is 328 g/mol. The molecule has 9 nitrogen and oxygen atoms in total. The van der Waals surface area contributed by atoms with Crippen molar-refractivity contribution in [3.8, 4) is 11.5 Å². The first kappa shape index (κ1) is 17.3. The van der Waals surface area contributed by atoms with Crippen LogP contribution in [0.3, 0.4) is 0 Å². The van der Waals surface area contributed by atoms with Crippen molar-refractivity contribution in [2.75, 3.05) is 13.4 Å². The van der Waals surface area contributed by atoms with Gasteiger partial charge in [-0.05, 0) is 23.8 Å². The molecule has 1 amide bonds. The fourth-order valence-electron chi connectivity index (χ4n) is 1.36. The van der Waals surface area contributed by atoms with Crippen LogP contribution in [0.25, 0.3) is 6.08 Å². The fraction of sp³-hybridized carbons (Fsp3) is 0.167. The van der Waals surface area contributed by atoms with Crippen LogP contribution in [0.15, 0.2) is 24.3 Å². The van der Waals surface area contributed by atoms with Crippen molar-refractivity contribution in [3.05, 3.63) is 29.8 Å². The van der Waals surface area contributed by atoms with E-state index < -0.39 is 22.0 Å². The number of nitrogens with one attached hydrogen (secondary N) is 3. The van der Waals surface area contributed by atoms with E-state index in [1.807, 2.05) is 0 Å². The maximum atomic E-state index is 11.4. The molecule has 1 aromatic carbocycles. The molecule has 0 aliphatic carbocycles. The predicted molar refractivity (Wildman–Crippen MR) is 80.7 cm³/mol. The minimum atomic E-state index is -3.67. The normalized spacial score (nSPS) is 11.0. The van der Waals surface area contributed by atoms with Crippen LogP contribution < -0.4 is 25.5 Å². The lowest BCUT2D eigenvalue weighted by Gasteiger charge is -2.09. The molecule has 0 saturated carbocycles. The minimum Gasteiger partial charge on any atom is -0.493 e. The van der Waals surface area contributed by atoms with Gasteiger partial charge in [0.15, 0.2) is 11.5 Å². The second-order valence-corrected chi connectivity index (χ2v) is 5.63. The Morgan fingerprint density at radius 2 is 2.00 bits per heavy atom. The lowest BCUT2D eigenvalue weighted by molar-refractivity contribution is -0.117. The van der Waals surface area contributed by atoms with Gasteiger partial charge in [-0.15, -0.1) is 0 Å². The Morgan fingerprint density at radius 1 is 1.32 bits per heavy atom. The number of hydrogen-bond donors (Lipinski definition) is 4. The molecule has 0 heterocycles. The number of rotatable bonds is 5. The van der Waals surface area contributed by atoms with Gasteiger partial charge in [0, 0.05) is 6.08 Å². The summed E-state index contributed by atoms with van der Waals surface area (Å²) in [6.45, 7) is 0. The van der Waals surface area contributed by atoms with Crippen LogP contribution >= 0.6 is 0 Å². The van der Waals surface area contributed by atoms with E-state index in [9.17, 15) is 13.2 Å². The number of nitrogens with two attached hydrogens (primary N) is 1. The van der Waals surface area contributed by atoms with E-state index in [1.165, 1.54) is 31.4 Å². The summed E-state index contributed by atoms with van der Waals surface area (Å²) in [5, 5.41) is 6.88. The first-order valence-corrected chi connectivity index (χ1v) is 7.68. The van der Waals surface area contributed by atoms with Crippen LogP contribution in [0.5, 0.6) is 11.5 Å². The maximum absolute atomic E-state index is 11.4. The summed E-state index contributed by atoms with van der Waals surface area (Å²) in [7, 11) is -2.30. The fourth-order valence-corrected chi connectivity index (χ4v) is 1.83. The van der Waals surface area contributed by atoms with Crippen molar-refractivity contribution < 1.29 is 22.1 Å². The van der Waals surface area contributed by atoms with E-state index in [-0.39, 0.29) is 11.5 Å². The van der Waals surface area contributed by atoms with Gasteiger partial charge in [-0.2, -0.15) is 8.42 Å². The molecule has 1 rings (SSSR count). The van der Waals surface area contributed by atoms with Crippen LogP contribution in [0, 0.1) is 5.41 Å². The minimum absolute atomic E-state index is 0.0462. The second-order valence-electron chi connectivity index (χ2n) is 4.06. The molecule has 120 valence electrons. The summed E-state index contributed by atoms with van der Waals surface area (Å²) in [4.78, 5) is 11.4. The zero-order chi connectivity index (χ0) is 16.8. The van der Waals surface area contributed by atoms with Crippen molar-refractivity contribution in [3.63, 3.8) is 0 Å². The van der Waals surface area contributed by atoms with E-state index in [2.05, 4.69) is 10.9 Å². The smallest absolute Gasteiger partial charge is 0.306 e. The summed E-state index contributed by atoms with van der Waals surface area (Å²) < 4.78 is 32.0. The number of carbonyl (C=O) groups excluding carboxylic acids is 1. The topological polar surface area (TPSA) is 144 Å². The van der Waals surface area contributed by atoms with Crippen molar-refractivity contribution in [1.29, 1.82) is 5.41 Å². The molecule has 10 heteroatoms. The molecule has 1 aromatic rings. The monoisotopic (exact) mass is 328 g/mol. The molecular weight excluding hydrogens is 312 g/mol. The Kier molecular flexibility index (Phi) is 5.75. The molecule has 5 N–H and O–H groups in total. The van der Waals surface area contributed by atoms with Gasteiger partial charge in [-0.3, -0.25) is 21.1 Å². The summed E-state index contributed by atoms with van der Waals surface area (Å²) in [5.74, 6) is -0.670. The van der Waals surface area contributed by atoms with E-state index in [0.29, 0.717) is 5.56 Å². The van der Waals surface area contributed by atoms with Gasteiger partial charge < -0.3 is 14.7 Å². The molecule has 0 unspecified atom stereocenters. The zero-order valence-electron chi connectivity index (χ0n) is 11.9. The lowest BCUT2D eigenvalue weighted by atomic mass is 10.2. The van der Waals surface area contributed by atoms with Crippen molar-refractivity contribution in [2.45, 2.75) is 0 Å². The van der Waals surface area contributed by atoms with Crippen LogP contribution in [0.1, 0.15) is 5.56 Å². The summed E-state index contributed by atoms with van der Waals surface area (Å²) in [6.07, 6.45) is 3.58. The Hall–Kier alpha value is -2.75. The molecule has 0 aliphatic heterocycles. The number of carbonyl (C=O) groups is 1. The molecule has 0 saturated heterocycles. The van der Waals surface area contributed by atoms with Gasteiger partial charge in [0.25, 0.3) is 5.91 Å². The van der Waals surface area contributed by atoms with Gasteiger partial charge in [0.2, 0.25) is 5.96 Å². The average Bonchev–Trinajstić information content (AvgIpc) is 2.42. The highest BCUT2D eigenvalue weighted by molar-refractivity contribution is 7.86. The second kappa shape index (κ2) is 7.31. The molecule has 0 atom stereocenters. The predicted octanol–water partition coefficient (Wildman–Crippen LogP) is -0.439. The van der Waals surface area contributed by atoms with Crippen LogP contribution in [0.4, 0.5) is 0 Å². The number of methoxy groups -OCH3 is 1. The number of hydrazine groups is 1. The van der Waals surface area contributed by atoms with Gasteiger partial charge in [0.1, 0.15) is 0 Å². The van der Waals surface area contributed by atoms with Gasteiger partial charge in [0.05, 0.1) is 13.4 Å². The molecule has 0 aromatic heterocycles. The Morgan fingerprint density at radius 3 is 2.55 bits per heavy atom. The third-order valence-electron chi connectivity index (χ3n) is 2.18. The number of amides is 1. The van der Waals surface area contributed by atoms with Crippen LogP contribution in [-0.4, -0.2) is 33.7 Å². The first-order chi connectivity index (χ1) is 10.2. The summed E-state index contributed by atoms with van der Waals surface area (Å²) >= 11 is 0. The van der Waals surface area contributed by atoms with E-state index >= 15 is 0 Å².